The van der Waals surface area contributed by atoms with E-state index in [0.717, 1.165) is 36.4 Å². The van der Waals surface area contributed by atoms with Crippen molar-refractivity contribution in [1.82, 2.24) is 10.2 Å². The van der Waals surface area contributed by atoms with Crippen LogP contribution in [0.3, 0.4) is 0 Å². The molecule has 118 valence electrons. The Kier molecular flexibility index (Phi) is 5.02. The molecule has 2 heterocycles. The molecular formula is C18H30N2O. The summed E-state index contributed by atoms with van der Waals surface area (Å²) in [6, 6.07) is 4.78. The number of hydrogen-bond donors (Lipinski definition) is 1. The van der Waals surface area contributed by atoms with Gasteiger partial charge in [0.05, 0.1) is 13.1 Å². The van der Waals surface area contributed by atoms with Crippen molar-refractivity contribution < 1.29 is 4.42 Å². The Balaban J connectivity index is 1.50. The van der Waals surface area contributed by atoms with E-state index in [-0.39, 0.29) is 0 Å². The highest BCUT2D eigenvalue weighted by atomic mass is 16.3. The largest absolute Gasteiger partial charge is 0.463 e. The molecule has 21 heavy (non-hydrogen) atoms. The van der Waals surface area contributed by atoms with E-state index in [2.05, 4.69) is 36.2 Å². The van der Waals surface area contributed by atoms with E-state index in [1.807, 2.05) is 0 Å². The third-order valence-electron chi connectivity index (χ3n) is 5.16. The molecule has 2 unspecified atom stereocenters. The maximum atomic E-state index is 5.97. The summed E-state index contributed by atoms with van der Waals surface area (Å²) in [5.41, 5.74) is 0. The minimum atomic E-state index is 0.504. The molecule has 0 aromatic carbocycles. The number of nitrogens with one attached hydrogen (secondary N) is 1. The molecule has 1 saturated heterocycles. The summed E-state index contributed by atoms with van der Waals surface area (Å²) in [7, 11) is 0. The molecule has 1 aliphatic carbocycles. The number of likely N-dealkylation sites (tertiary alicyclic amines) is 1. The van der Waals surface area contributed by atoms with E-state index in [0.29, 0.717) is 6.04 Å². The van der Waals surface area contributed by atoms with Crippen LogP contribution in [0.1, 0.15) is 57.5 Å². The Morgan fingerprint density at radius 2 is 1.90 bits per heavy atom. The Morgan fingerprint density at radius 1 is 1.14 bits per heavy atom. The van der Waals surface area contributed by atoms with E-state index >= 15 is 0 Å². The minimum Gasteiger partial charge on any atom is -0.463 e. The normalized spacial score (nSPS) is 27.0. The summed E-state index contributed by atoms with van der Waals surface area (Å²) >= 11 is 0. The average molecular weight is 290 g/mol. The predicted octanol–water partition coefficient (Wildman–Crippen LogP) is 3.79. The fourth-order valence-corrected chi connectivity index (χ4v) is 3.95. The van der Waals surface area contributed by atoms with Gasteiger partial charge in [0.25, 0.3) is 0 Å². The van der Waals surface area contributed by atoms with Gasteiger partial charge in [-0.3, -0.25) is 4.90 Å². The van der Waals surface area contributed by atoms with Gasteiger partial charge in [-0.05, 0) is 43.4 Å². The zero-order valence-corrected chi connectivity index (χ0v) is 13.6. The zero-order valence-electron chi connectivity index (χ0n) is 13.6. The van der Waals surface area contributed by atoms with Crippen molar-refractivity contribution >= 4 is 0 Å². The quantitative estimate of drug-likeness (QED) is 0.894. The number of hydrogen-bond acceptors (Lipinski definition) is 3. The summed E-state index contributed by atoms with van der Waals surface area (Å²) in [5, 5.41) is 3.41. The van der Waals surface area contributed by atoms with Gasteiger partial charge >= 0.3 is 0 Å². The second-order valence-corrected chi connectivity index (χ2v) is 7.23. The second-order valence-electron chi connectivity index (χ2n) is 7.23. The van der Waals surface area contributed by atoms with E-state index in [9.17, 15) is 0 Å². The first-order valence-electron chi connectivity index (χ1n) is 8.74. The van der Waals surface area contributed by atoms with Crippen molar-refractivity contribution in [2.75, 3.05) is 13.1 Å². The van der Waals surface area contributed by atoms with Crippen LogP contribution >= 0.6 is 0 Å². The molecule has 0 radical (unpaired) electrons. The molecule has 0 bridgehead atoms. The van der Waals surface area contributed by atoms with Crippen LogP contribution in [0.2, 0.25) is 0 Å². The molecule has 3 nitrogen and oxygen atoms in total. The molecule has 1 aliphatic heterocycles. The molecular weight excluding hydrogens is 260 g/mol. The first-order chi connectivity index (χ1) is 10.2. The average Bonchev–Trinajstić information content (AvgIpc) is 2.92. The smallest absolute Gasteiger partial charge is 0.118 e. The van der Waals surface area contributed by atoms with E-state index in [4.69, 9.17) is 4.42 Å². The van der Waals surface area contributed by atoms with E-state index in [1.165, 1.54) is 45.2 Å². The Morgan fingerprint density at radius 3 is 2.71 bits per heavy atom. The number of nitrogens with zero attached hydrogens (tertiary/aromatic N) is 1. The summed E-state index contributed by atoms with van der Waals surface area (Å²) in [6.07, 6.45) is 7.23. The summed E-state index contributed by atoms with van der Waals surface area (Å²) in [4.78, 5) is 2.60. The predicted molar refractivity (Wildman–Crippen MR) is 86.0 cm³/mol. The molecule has 3 rings (SSSR count). The molecule has 2 fully saturated rings. The molecule has 1 aromatic heterocycles. The first kappa shape index (κ1) is 15.1. The molecule has 3 heteroatoms. The number of fused-ring (bicyclic) bond motifs is 1. The Bertz CT molecular complexity index is 440. The van der Waals surface area contributed by atoms with Crippen LogP contribution in [0.5, 0.6) is 0 Å². The van der Waals surface area contributed by atoms with E-state index < -0.39 is 0 Å². The van der Waals surface area contributed by atoms with Gasteiger partial charge < -0.3 is 9.73 Å². The summed E-state index contributed by atoms with van der Waals surface area (Å²) in [6.45, 7) is 8.69. The van der Waals surface area contributed by atoms with Crippen LogP contribution in [0.15, 0.2) is 16.5 Å². The highest BCUT2D eigenvalue weighted by Gasteiger charge is 2.31. The monoisotopic (exact) mass is 290 g/mol. The van der Waals surface area contributed by atoms with Crippen molar-refractivity contribution in [2.24, 2.45) is 11.8 Å². The standard InChI is InChI=1S/C18H30N2O/c1-14(2)19-11-17-7-8-18(21-17)13-20-10-9-15-5-3-4-6-16(15)12-20/h7-8,14-16,19H,3-6,9-13H2,1-2H3. The van der Waals surface area contributed by atoms with Crippen LogP contribution in [-0.2, 0) is 13.1 Å². The lowest BCUT2D eigenvalue weighted by molar-refractivity contribution is 0.0771. The molecule has 0 spiro atoms. The van der Waals surface area contributed by atoms with Gasteiger partial charge in [0.2, 0.25) is 0 Å². The van der Waals surface area contributed by atoms with Crippen molar-refractivity contribution in [3.05, 3.63) is 23.7 Å². The van der Waals surface area contributed by atoms with Crippen LogP contribution in [0.25, 0.3) is 0 Å². The fraction of sp³-hybridized carbons (Fsp3) is 0.778. The lowest BCUT2D eigenvalue weighted by Gasteiger charge is -2.41. The van der Waals surface area contributed by atoms with Gasteiger partial charge in [-0.15, -0.1) is 0 Å². The van der Waals surface area contributed by atoms with Gasteiger partial charge in [0.1, 0.15) is 11.5 Å². The number of piperidine rings is 1. The van der Waals surface area contributed by atoms with Crippen molar-refractivity contribution in [1.29, 1.82) is 0 Å². The van der Waals surface area contributed by atoms with Crippen molar-refractivity contribution in [3.63, 3.8) is 0 Å². The number of rotatable bonds is 5. The van der Waals surface area contributed by atoms with Gasteiger partial charge in [-0.2, -0.15) is 0 Å². The third-order valence-corrected chi connectivity index (χ3v) is 5.16. The third kappa shape index (κ3) is 4.10. The Hall–Kier alpha value is -0.800. The molecule has 0 amide bonds. The highest BCUT2D eigenvalue weighted by Crippen LogP contribution is 2.36. The van der Waals surface area contributed by atoms with Crippen molar-refractivity contribution in [3.8, 4) is 0 Å². The SMILES string of the molecule is CC(C)NCc1ccc(CN2CCC3CCCCC3C2)o1. The fourth-order valence-electron chi connectivity index (χ4n) is 3.95. The highest BCUT2D eigenvalue weighted by molar-refractivity contribution is 5.07. The maximum absolute atomic E-state index is 5.97. The summed E-state index contributed by atoms with van der Waals surface area (Å²) < 4.78 is 5.97. The van der Waals surface area contributed by atoms with Gasteiger partial charge in [0, 0.05) is 12.6 Å². The lowest BCUT2D eigenvalue weighted by atomic mass is 9.75. The first-order valence-corrected chi connectivity index (χ1v) is 8.74. The topological polar surface area (TPSA) is 28.4 Å². The van der Waals surface area contributed by atoms with Crippen LogP contribution < -0.4 is 5.32 Å². The van der Waals surface area contributed by atoms with E-state index in [1.54, 1.807) is 0 Å². The molecule has 1 aromatic rings. The molecule has 2 atom stereocenters. The second kappa shape index (κ2) is 6.97. The van der Waals surface area contributed by atoms with Gasteiger partial charge in [-0.25, -0.2) is 0 Å². The minimum absolute atomic E-state index is 0.504. The van der Waals surface area contributed by atoms with Gasteiger partial charge in [-0.1, -0.05) is 33.1 Å². The van der Waals surface area contributed by atoms with Crippen LogP contribution in [0.4, 0.5) is 0 Å². The molecule has 1 N–H and O–H groups in total. The van der Waals surface area contributed by atoms with Crippen LogP contribution in [0, 0.1) is 11.8 Å². The number of furan rings is 1. The lowest BCUT2D eigenvalue weighted by Crippen LogP contribution is -2.41. The summed E-state index contributed by atoms with van der Waals surface area (Å²) in [5.74, 6) is 4.15. The van der Waals surface area contributed by atoms with Gasteiger partial charge in [0.15, 0.2) is 0 Å². The van der Waals surface area contributed by atoms with Crippen molar-refractivity contribution in [2.45, 2.75) is 65.1 Å². The van der Waals surface area contributed by atoms with Crippen LogP contribution in [-0.4, -0.2) is 24.0 Å². The molecule has 2 aliphatic rings. The zero-order chi connectivity index (χ0) is 14.7. The molecule has 1 saturated carbocycles. The Labute approximate surface area is 129 Å². The maximum Gasteiger partial charge on any atom is 0.118 e.